The van der Waals surface area contributed by atoms with E-state index in [1.807, 2.05) is 52.9 Å². The number of imidazole rings is 1. The van der Waals surface area contributed by atoms with Crippen LogP contribution in [-0.2, 0) is 46.5 Å². The predicted molar refractivity (Wildman–Crippen MR) is 259 cm³/mol. The number of thiazole rings is 1. The van der Waals surface area contributed by atoms with Crippen LogP contribution in [0.1, 0.15) is 71.0 Å². The second-order valence-corrected chi connectivity index (χ2v) is 20.8. The Morgan fingerprint density at radius 3 is 2.54 bits per heavy atom. The minimum absolute atomic E-state index is 0.0557. The maximum Gasteiger partial charge on any atom is 0.329 e. The Labute approximate surface area is 406 Å². The van der Waals surface area contributed by atoms with Crippen molar-refractivity contribution in [1.29, 1.82) is 0 Å². The molecule has 6 aliphatic heterocycles. The van der Waals surface area contributed by atoms with Crippen molar-refractivity contribution in [3.8, 4) is 11.1 Å². The number of nitrogens with one attached hydrogen (secondary N) is 2. The number of fused-ring (bicyclic) bond motifs is 3. The molecule has 9 heterocycles. The molecular weight excluding hydrogens is 914 g/mol. The molecule has 6 amide bonds. The molecule has 1 spiro atoms. The third kappa shape index (κ3) is 7.59. The zero-order valence-corrected chi connectivity index (χ0v) is 39.5. The van der Waals surface area contributed by atoms with Gasteiger partial charge in [-0.15, -0.1) is 11.3 Å². The molecule has 12 rings (SSSR count). The van der Waals surface area contributed by atoms with Crippen LogP contribution in [-0.4, -0.2) is 121 Å². The third-order valence-electron chi connectivity index (χ3n) is 15.4. The molecule has 0 radical (unpaired) electrons. The monoisotopic (exact) mass is 965 g/mol. The summed E-state index contributed by atoms with van der Waals surface area (Å²) in [6, 6.07) is 15.6. The van der Waals surface area contributed by atoms with Gasteiger partial charge in [-0.1, -0.05) is 18.2 Å². The molecular formula is C50H52FN13O5S. The van der Waals surface area contributed by atoms with Crippen LogP contribution in [0.3, 0.4) is 0 Å². The summed E-state index contributed by atoms with van der Waals surface area (Å²) in [5.41, 5.74) is 12.7. The number of carbonyl (C=O) groups is 5. The number of urea groups is 1. The molecule has 2 atom stereocenters. The fourth-order valence-electron chi connectivity index (χ4n) is 11.6. The van der Waals surface area contributed by atoms with E-state index in [2.05, 4.69) is 41.6 Å². The topological polar surface area (TPSA) is 200 Å². The minimum Gasteiger partial charge on any atom is -0.370 e. The number of rotatable bonds is 10. The van der Waals surface area contributed by atoms with Crippen LogP contribution in [0.2, 0.25) is 0 Å². The van der Waals surface area contributed by atoms with Crippen LogP contribution in [0.25, 0.3) is 22.0 Å². The summed E-state index contributed by atoms with van der Waals surface area (Å²) in [4.78, 5) is 84.2. The largest absolute Gasteiger partial charge is 0.370 e. The van der Waals surface area contributed by atoms with E-state index in [9.17, 15) is 24.0 Å². The van der Waals surface area contributed by atoms with Crippen molar-refractivity contribution in [2.45, 2.75) is 63.2 Å². The Hall–Kier alpha value is -7.03. The van der Waals surface area contributed by atoms with Crippen LogP contribution in [0.15, 0.2) is 72.5 Å². The second kappa shape index (κ2) is 16.8. The summed E-state index contributed by atoms with van der Waals surface area (Å²) in [5, 5.41) is 12.8. The fourth-order valence-corrected chi connectivity index (χ4v) is 12.1. The molecule has 2 unspecified atom stereocenters. The number of carbonyl (C=O) groups excluding carboxylic acids is 5. The van der Waals surface area contributed by atoms with Gasteiger partial charge in [0.05, 0.1) is 30.6 Å². The number of hydrogen-bond donors (Lipinski definition) is 3. The number of benzene rings is 3. The highest BCUT2D eigenvalue weighted by molar-refractivity contribution is 7.13. The Morgan fingerprint density at radius 1 is 0.929 bits per heavy atom. The fraction of sp³-hybridized carbons (Fsp3) is 0.400. The average molecular weight is 966 g/mol. The molecule has 360 valence electrons. The number of amides is 6. The summed E-state index contributed by atoms with van der Waals surface area (Å²) in [7, 11) is 1.84. The number of nitrogens with zero attached hydrogens (tertiary/aromatic N) is 10. The van der Waals surface area contributed by atoms with E-state index in [0.29, 0.717) is 54.8 Å². The molecule has 20 heteroatoms. The standard InChI is InChI=1S/C50H52FN13O5S/c1-58-39-22-32(7-10-34(39)44(57-58)63-17-11-40(65)55-48(63)69)50(52)12-3-15-59(18-13-50)24-41(66)62-27-49(28-62)25-61(26-49)33-8-5-30(6-9-33)31-20-35-36(37(51)21-31)23-64(46(35)68)43(45(67)56-47-53-14-19-70-47)42-38-4-2-16-60(38)29-54-42/h5-10,14,19-22,29,43H,2-4,11-13,15-18,23-28,52H2,1H3,(H,53,56,67)(H,55,65,69). The minimum atomic E-state index is -1.05. The first-order chi connectivity index (χ1) is 33.8. The van der Waals surface area contributed by atoms with Gasteiger partial charge < -0.3 is 25.0 Å². The van der Waals surface area contributed by atoms with Crippen LogP contribution in [0, 0.1) is 11.2 Å². The molecule has 4 saturated heterocycles. The van der Waals surface area contributed by atoms with Crippen molar-refractivity contribution in [2.24, 2.45) is 18.2 Å². The maximum absolute atomic E-state index is 16.0. The first-order valence-electron chi connectivity index (χ1n) is 23.9. The lowest BCUT2D eigenvalue weighted by Crippen LogP contribution is -2.73. The Bertz CT molecular complexity index is 3120. The first-order valence-corrected chi connectivity index (χ1v) is 24.8. The van der Waals surface area contributed by atoms with Gasteiger partial charge in [-0.2, -0.15) is 5.10 Å². The number of anilines is 3. The number of aryl methyl sites for hydroxylation is 2. The predicted octanol–water partition coefficient (Wildman–Crippen LogP) is 4.75. The molecule has 0 aliphatic carbocycles. The van der Waals surface area contributed by atoms with Crippen molar-refractivity contribution in [2.75, 3.05) is 67.5 Å². The van der Waals surface area contributed by atoms with E-state index in [-0.39, 0.29) is 47.9 Å². The van der Waals surface area contributed by atoms with Crippen molar-refractivity contribution in [3.05, 3.63) is 106 Å². The lowest BCUT2D eigenvalue weighted by molar-refractivity contribution is -0.146. The van der Waals surface area contributed by atoms with Gasteiger partial charge in [-0.3, -0.25) is 44.3 Å². The molecule has 3 aromatic heterocycles. The summed E-state index contributed by atoms with van der Waals surface area (Å²) in [5.74, 6) is -1.01. The van der Waals surface area contributed by atoms with Gasteiger partial charge in [0.15, 0.2) is 17.0 Å². The zero-order valence-electron chi connectivity index (χ0n) is 38.7. The summed E-state index contributed by atoms with van der Waals surface area (Å²) in [6.07, 6.45) is 7.48. The van der Waals surface area contributed by atoms with E-state index in [1.165, 1.54) is 27.2 Å². The van der Waals surface area contributed by atoms with E-state index in [1.54, 1.807) is 28.7 Å². The van der Waals surface area contributed by atoms with Crippen molar-refractivity contribution >= 4 is 68.5 Å². The highest BCUT2D eigenvalue weighted by atomic mass is 32.1. The van der Waals surface area contributed by atoms with Gasteiger partial charge in [0.1, 0.15) is 5.82 Å². The SMILES string of the molecule is Cn1nc(N2CCC(=O)NC2=O)c2ccc(C3(N)CCCN(CC(=O)N4CC5(C4)CN(c4ccc(-c6cc(F)c7c(c6)C(=O)N(C(C(=O)Nc6nccs6)c6ncn8c6CCC8)C7)cc4)C5)CC3)cc21. The highest BCUT2D eigenvalue weighted by Crippen LogP contribution is 2.44. The second-order valence-electron chi connectivity index (χ2n) is 19.9. The molecule has 4 N–H and O–H groups in total. The summed E-state index contributed by atoms with van der Waals surface area (Å²) < 4.78 is 19.8. The van der Waals surface area contributed by atoms with Gasteiger partial charge in [0.2, 0.25) is 11.8 Å². The van der Waals surface area contributed by atoms with E-state index < -0.39 is 35.2 Å². The van der Waals surface area contributed by atoms with Gasteiger partial charge in [-0.25, -0.2) is 19.2 Å². The number of aromatic nitrogens is 5. The highest BCUT2D eigenvalue weighted by Gasteiger charge is 2.53. The number of likely N-dealkylation sites (tertiary alicyclic amines) is 2. The number of halogens is 1. The van der Waals surface area contributed by atoms with Gasteiger partial charge in [0.25, 0.3) is 11.8 Å². The molecule has 18 nitrogen and oxygen atoms in total. The molecule has 0 saturated carbocycles. The lowest BCUT2D eigenvalue weighted by Gasteiger charge is -2.61. The maximum atomic E-state index is 16.0. The zero-order chi connectivity index (χ0) is 48.1. The number of nitrogens with two attached hydrogens (primary N) is 1. The lowest BCUT2D eigenvalue weighted by atomic mass is 9.72. The molecule has 3 aromatic carbocycles. The molecule has 6 aromatic rings. The molecule has 70 heavy (non-hydrogen) atoms. The average Bonchev–Trinajstić information content (AvgIpc) is 4.16. The van der Waals surface area contributed by atoms with Crippen molar-refractivity contribution in [1.82, 2.24) is 44.3 Å². The summed E-state index contributed by atoms with van der Waals surface area (Å²) >= 11 is 1.28. The smallest absolute Gasteiger partial charge is 0.329 e. The number of hydrogen-bond acceptors (Lipinski definition) is 12. The molecule has 0 bridgehead atoms. The van der Waals surface area contributed by atoms with Crippen molar-refractivity contribution in [3.63, 3.8) is 0 Å². The van der Waals surface area contributed by atoms with E-state index in [4.69, 9.17) is 5.73 Å². The van der Waals surface area contributed by atoms with Gasteiger partial charge in [-0.05, 0) is 91.7 Å². The van der Waals surface area contributed by atoms with Crippen LogP contribution >= 0.6 is 11.3 Å². The third-order valence-corrected chi connectivity index (χ3v) is 16.0. The Morgan fingerprint density at radius 2 is 1.76 bits per heavy atom. The van der Waals surface area contributed by atoms with Crippen LogP contribution in [0.5, 0.6) is 0 Å². The normalized spacial score (nSPS) is 21.4. The van der Waals surface area contributed by atoms with Gasteiger partial charge >= 0.3 is 6.03 Å². The Balaban J connectivity index is 0.649. The first kappa shape index (κ1) is 44.2. The summed E-state index contributed by atoms with van der Waals surface area (Å²) in [6.45, 7) is 5.92. The number of imide groups is 1. The van der Waals surface area contributed by atoms with Crippen molar-refractivity contribution < 1.29 is 28.4 Å². The Kier molecular flexibility index (Phi) is 10.6. The van der Waals surface area contributed by atoms with E-state index >= 15 is 4.39 Å². The van der Waals surface area contributed by atoms with Crippen LogP contribution < -0.4 is 26.2 Å². The molecule has 4 fully saturated rings. The molecule has 6 aliphatic rings. The van der Waals surface area contributed by atoms with Crippen LogP contribution in [0.4, 0.5) is 25.8 Å². The van der Waals surface area contributed by atoms with E-state index in [0.717, 1.165) is 85.3 Å². The quantitative estimate of drug-likeness (QED) is 0.171. The van der Waals surface area contributed by atoms with Gasteiger partial charge in [0, 0.05) is 110 Å².